The van der Waals surface area contributed by atoms with Gasteiger partial charge in [-0.2, -0.15) is 0 Å². The summed E-state index contributed by atoms with van der Waals surface area (Å²) in [4.78, 5) is 36.6. The van der Waals surface area contributed by atoms with Crippen molar-refractivity contribution in [1.29, 1.82) is 0 Å². The van der Waals surface area contributed by atoms with Crippen molar-refractivity contribution in [2.45, 2.75) is 65.1 Å². The Balaban J connectivity index is 2.88. The summed E-state index contributed by atoms with van der Waals surface area (Å²) in [7, 11) is 0. The van der Waals surface area contributed by atoms with Crippen molar-refractivity contribution in [2.24, 2.45) is 0 Å². The molecule has 0 saturated carbocycles. The van der Waals surface area contributed by atoms with Crippen LogP contribution in [0.15, 0.2) is 0 Å². The van der Waals surface area contributed by atoms with E-state index in [0.29, 0.717) is 0 Å². The molecule has 5 heteroatoms. The molecule has 5 nitrogen and oxygen atoms in total. The second-order valence-electron chi connectivity index (χ2n) is 5.84. The van der Waals surface area contributed by atoms with Crippen LogP contribution in [0.1, 0.15) is 47.5 Å². The Hall–Kier alpha value is -1.39. The SMILES string of the molecule is CC1CC(=O)C(=O)CC(C)N1C(=O)OC(C)(C)C. The molecule has 1 aliphatic heterocycles. The van der Waals surface area contributed by atoms with E-state index in [9.17, 15) is 14.4 Å². The average Bonchev–Trinajstić information content (AvgIpc) is 2.21. The molecule has 1 heterocycles. The third-order valence-corrected chi connectivity index (χ3v) is 2.83. The molecule has 1 saturated heterocycles. The van der Waals surface area contributed by atoms with Crippen LogP contribution >= 0.6 is 0 Å². The summed E-state index contributed by atoms with van der Waals surface area (Å²) < 4.78 is 5.31. The molecule has 18 heavy (non-hydrogen) atoms. The molecular weight excluding hydrogens is 234 g/mol. The fraction of sp³-hybridized carbons (Fsp3) is 0.769. The number of nitrogens with zero attached hydrogens (tertiary/aromatic N) is 1. The van der Waals surface area contributed by atoms with Gasteiger partial charge in [0, 0.05) is 24.9 Å². The van der Waals surface area contributed by atoms with Gasteiger partial charge in [0.25, 0.3) is 0 Å². The summed E-state index contributed by atoms with van der Waals surface area (Å²) in [5, 5.41) is 0. The van der Waals surface area contributed by atoms with Crippen molar-refractivity contribution in [3.8, 4) is 0 Å². The maximum Gasteiger partial charge on any atom is 0.410 e. The predicted octanol–water partition coefficient (Wildman–Crippen LogP) is 1.93. The zero-order valence-electron chi connectivity index (χ0n) is 11.6. The molecule has 2 unspecified atom stereocenters. The molecular formula is C13H21NO4. The van der Waals surface area contributed by atoms with Crippen molar-refractivity contribution >= 4 is 17.7 Å². The lowest BCUT2D eigenvalue weighted by molar-refractivity contribution is -0.136. The minimum Gasteiger partial charge on any atom is -0.444 e. The normalized spacial score (nSPS) is 25.9. The second kappa shape index (κ2) is 5.08. The third-order valence-electron chi connectivity index (χ3n) is 2.83. The standard InChI is InChI=1S/C13H21NO4/c1-8-6-10(15)11(16)7-9(2)14(8)12(17)18-13(3,4)5/h8-9H,6-7H2,1-5H3. The number of amides is 1. The smallest absolute Gasteiger partial charge is 0.410 e. The highest BCUT2D eigenvalue weighted by Gasteiger charge is 2.36. The number of Topliss-reactive ketones (excluding diaryl/α,β-unsaturated/α-hetero) is 2. The first-order chi connectivity index (χ1) is 8.11. The lowest BCUT2D eigenvalue weighted by Crippen LogP contribution is -2.46. The van der Waals surface area contributed by atoms with Crippen molar-refractivity contribution in [3.63, 3.8) is 0 Å². The molecule has 102 valence electrons. The number of rotatable bonds is 0. The number of ether oxygens (including phenoxy) is 1. The molecule has 1 rings (SSSR count). The number of hydrogen-bond acceptors (Lipinski definition) is 4. The van der Waals surface area contributed by atoms with E-state index in [2.05, 4.69) is 0 Å². The predicted molar refractivity (Wildman–Crippen MR) is 66.2 cm³/mol. The highest BCUT2D eigenvalue weighted by Crippen LogP contribution is 2.21. The van der Waals surface area contributed by atoms with Crippen LogP contribution in [0.25, 0.3) is 0 Å². The van der Waals surface area contributed by atoms with Gasteiger partial charge in [-0.25, -0.2) is 4.79 Å². The molecule has 1 aliphatic rings. The highest BCUT2D eigenvalue weighted by molar-refractivity contribution is 6.37. The zero-order chi connectivity index (χ0) is 14.1. The minimum atomic E-state index is -0.586. The quantitative estimate of drug-likeness (QED) is 0.620. The van der Waals surface area contributed by atoms with Gasteiger partial charge in [-0.15, -0.1) is 0 Å². The van der Waals surface area contributed by atoms with E-state index in [1.54, 1.807) is 34.6 Å². The molecule has 1 fully saturated rings. The molecule has 0 aliphatic carbocycles. The Morgan fingerprint density at radius 3 is 1.83 bits per heavy atom. The number of ketones is 2. The van der Waals surface area contributed by atoms with Crippen LogP contribution in [0, 0.1) is 0 Å². The van der Waals surface area contributed by atoms with Gasteiger partial charge in [0.1, 0.15) is 5.60 Å². The van der Waals surface area contributed by atoms with E-state index >= 15 is 0 Å². The van der Waals surface area contributed by atoms with E-state index in [-0.39, 0.29) is 24.9 Å². The highest BCUT2D eigenvalue weighted by atomic mass is 16.6. The van der Waals surface area contributed by atoms with E-state index in [4.69, 9.17) is 4.74 Å². The molecule has 1 amide bonds. The lowest BCUT2D eigenvalue weighted by atomic mass is 10.1. The maximum absolute atomic E-state index is 12.1. The summed E-state index contributed by atoms with van der Waals surface area (Å²) in [5.74, 6) is -0.805. The fourth-order valence-electron chi connectivity index (χ4n) is 2.07. The van der Waals surface area contributed by atoms with Crippen molar-refractivity contribution in [3.05, 3.63) is 0 Å². The Bertz CT molecular complexity index is 348. The molecule has 0 N–H and O–H groups in total. The Labute approximate surface area is 107 Å². The van der Waals surface area contributed by atoms with Gasteiger partial charge >= 0.3 is 6.09 Å². The van der Waals surface area contributed by atoms with Gasteiger partial charge in [-0.3, -0.25) is 9.59 Å². The van der Waals surface area contributed by atoms with Gasteiger partial charge in [0.05, 0.1) is 0 Å². The molecule has 0 spiro atoms. The van der Waals surface area contributed by atoms with Crippen molar-refractivity contribution < 1.29 is 19.1 Å². The maximum atomic E-state index is 12.1. The van der Waals surface area contributed by atoms with Crippen LogP contribution in [-0.2, 0) is 14.3 Å². The van der Waals surface area contributed by atoms with Gasteiger partial charge in [-0.1, -0.05) is 0 Å². The number of likely N-dealkylation sites (tertiary alicyclic amines) is 1. The van der Waals surface area contributed by atoms with Crippen LogP contribution in [0.4, 0.5) is 4.79 Å². The summed E-state index contributed by atoms with van der Waals surface area (Å²) in [6, 6.07) is -0.623. The molecule has 0 radical (unpaired) electrons. The van der Waals surface area contributed by atoms with E-state index < -0.39 is 23.3 Å². The Kier molecular flexibility index (Phi) is 4.14. The summed E-state index contributed by atoms with van der Waals surface area (Å²) in [5.41, 5.74) is -0.586. The minimum absolute atomic E-state index is 0.0718. The van der Waals surface area contributed by atoms with E-state index in [0.717, 1.165) is 0 Å². The largest absolute Gasteiger partial charge is 0.444 e. The topological polar surface area (TPSA) is 63.7 Å². The summed E-state index contributed by atoms with van der Waals surface area (Å²) >= 11 is 0. The van der Waals surface area contributed by atoms with Crippen molar-refractivity contribution in [1.82, 2.24) is 4.90 Å². The Morgan fingerprint density at radius 1 is 1.11 bits per heavy atom. The first kappa shape index (κ1) is 14.7. The van der Waals surface area contributed by atoms with Crippen LogP contribution in [0.2, 0.25) is 0 Å². The summed E-state index contributed by atoms with van der Waals surface area (Å²) in [6.07, 6.45) is -0.324. The molecule has 0 aromatic rings. The monoisotopic (exact) mass is 255 g/mol. The third kappa shape index (κ3) is 3.55. The number of carbonyl (C=O) groups is 3. The van der Waals surface area contributed by atoms with Gasteiger partial charge in [0.15, 0.2) is 0 Å². The van der Waals surface area contributed by atoms with E-state index in [1.807, 2.05) is 0 Å². The van der Waals surface area contributed by atoms with Gasteiger partial charge in [-0.05, 0) is 34.6 Å². The molecule has 0 bridgehead atoms. The zero-order valence-corrected chi connectivity index (χ0v) is 11.6. The van der Waals surface area contributed by atoms with Crippen molar-refractivity contribution in [2.75, 3.05) is 0 Å². The average molecular weight is 255 g/mol. The molecule has 0 aromatic carbocycles. The van der Waals surface area contributed by atoms with Crippen LogP contribution < -0.4 is 0 Å². The number of carbonyl (C=O) groups excluding carboxylic acids is 3. The first-order valence-electron chi connectivity index (χ1n) is 6.19. The van der Waals surface area contributed by atoms with E-state index in [1.165, 1.54) is 4.90 Å². The first-order valence-corrected chi connectivity index (χ1v) is 6.19. The van der Waals surface area contributed by atoms with Crippen LogP contribution in [0.3, 0.4) is 0 Å². The second-order valence-corrected chi connectivity index (χ2v) is 5.84. The van der Waals surface area contributed by atoms with Gasteiger partial charge < -0.3 is 9.64 Å². The van der Waals surface area contributed by atoms with Crippen LogP contribution in [-0.4, -0.2) is 40.2 Å². The number of hydrogen-bond donors (Lipinski definition) is 0. The lowest BCUT2D eigenvalue weighted by Gasteiger charge is -2.33. The Morgan fingerprint density at radius 2 is 1.50 bits per heavy atom. The van der Waals surface area contributed by atoms with Gasteiger partial charge in [0.2, 0.25) is 11.6 Å². The molecule has 0 aromatic heterocycles. The fourth-order valence-corrected chi connectivity index (χ4v) is 2.07. The molecule has 2 atom stereocenters. The summed E-state index contributed by atoms with van der Waals surface area (Å²) in [6.45, 7) is 8.88. The van der Waals surface area contributed by atoms with Crippen LogP contribution in [0.5, 0.6) is 0 Å².